The van der Waals surface area contributed by atoms with Gasteiger partial charge in [-0.3, -0.25) is 9.88 Å². The van der Waals surface area contributed by atoms with Crippen LogP contribution in [0, 0.1) is 25.2 Å². The number of hydrogen-bond donors (Lipinski definition) is 1. The quantitative estimate of drug-likeness (QED) is 0.109. The van der Waals surface area contributed by atoms with E-state index in [4.69, 9.17) is 25.8 Å². The van der Waals surface area contributed by atoms with Gasteiger partial charge in [-0.15, -0.1) is 5.10 Å². The zero-order chi connectivity index (χ0) is 36.6. The molecule has 2 aromatic heterocycles. The van der Waals surface area contributed by atoms with Gasteiger partial charge in [-0.1, -0.05) is 41.9 Å². The minimum Gasteiger partial charge on any atom is -0.493 e. The van der Waals surface area contributed by atoms with E-state index in [1.54, 1.807) is 12.3 Å². The second-order valence-corrected chi connectivity index (χ2v) is 14.3. The summed E-state index contributed by atoms with van der Waals surface area (Å²) in [6.45, 7) is 11.4. The highest BCUT2D eigenvalue weighted by atomic mass is 35.5. The van der Waals surface area contributed by atoms with Gasteiger partial charge in [-0.05, 0) is 116 Å². The average molecular weight is 733 g/mol. The minimum atomic E-state index is 0.231. The highest BCUT2D eigenvalue weighted by molar-refractivity contribution is 6.32. The summed E-state index contributed by atoms with van der Waals surface area (Å²) in [7, 11) is 0. The first-order chi connectivity index (χ1) is 25.9. The number of nitriles is 1. The Labute approximate surface area is 315 Å². The van der Waals surface area contributed by atoms with Crippen LogP contribution in [0.1, 0.15) is 70.8 Å². The van der Waals surface area contributed by atoms with Crippen molar-refractivity contribution in [1.82, 2.24) is 35.4 Å². The van der Waals surface area contributed by atoms with Crippen LogP contribution in [0.25, 0.3) is 11.1 Å². The van der Waals surface area contributed by atoms with E-state index in [0.29, 0.717) is 41.8 Å². The predicted octanol–water partition coefficient (Wildman–Crippen LogP) is 7.42. The van der Waals surface area contributed by atoms with Crippen molar-refractivity contribution in [3.05, 3.63) is 111 Å². The fourth-order valence-electron chi connectivity index (χ4n) is 7.34. The summed E-state index contributed by atoms with van der Waals surface area (Å²) in [5.41, 5.74) is 7.85. The summed E-state index contributed by atoms with van der Waals surface area (Å²) in [6, 6.07) is 20.4. The Bertz CT molecular complexity index is 2040. The maximum Gasteiger partial charge on any atom is 0.152 e. The van der Waals surface area contributed by atoms with E-state index >= 15 is 0 Å². The van der Waals surface area contributed by atoms with Crippen LogP contribution in [0.4, 0.5) is 0 Å². The number of H-pyrrole nitrogens is 1. The van der Waals surface area contributed by atoms with Crippen molar-refractivity contribution in [2.75, 3.05) is 39.3 Å². The van der Waals surface area contributed by atoms with Crippen LogP contribution in [0.2, 0.25) is 5.02 Å². The van der Waals surface area contributed by atoms with E-state index in [1.807, 2.05) is 12.1 Å². The van der Waals surface area contributed by atoms with Crippen molar-refractivity contribution >= 4 is 11.6 Å². The lowest BCUT2D eigenvalue weighted by Gasteiger charge is -2.21. The molecular formula is C41H45ClN8O3. The van der Waals surface area contributed by atoms with Gasteiger partial charge in [0.2, 0.25) is 0 Å². The van der Waals surface area contributed by atoms with Crippen LogP contribution < -0.4 is 14.2 Å². The second-order valence-electron chi connectivity index (χ2n) is 13.9. The lowest BCUT2D eigenvalue weighted by molar-refractivity contribution is 0.262. The van der Waals surface area contributed by atoms with Gasteiger partial charge in [0.1, 0.15) is 36.5 Å². The Kier molecular flexibility index (Phi) is 11.8. The van der Waals surface area contributed by atoms with Gasteiger partial charge in [0.25, 0.3) is 0 Å². The largest absolute Gasteiger partial charge is 0.493 e. The number of likely N-dealkylation sites (tertiary alicyclic amines) is 2. The zero-order valence-corrected chi connectivity index (χ0v) is 31.1. The topological polar surface area (TPSA) is 125 Å². The Morgan fingerprint density at radius 1 is 0.868 bits per heavy atom. The molecule has 12 heteroatoms. The van der Waals surface area contributed by atoms with Crippen molar-refractivity contribution in [2.45, 2.75) is 65.2 Å². The number of pyridine rings is 1. The molecule has 274 valence electrons. The van der Waals surface area contributed by atoms with E-state index in [-0.39, 0.29) is 12.5 Å². The Hall–Kier alpha value is -5.02. The molecule has 7 rings (SSSR count). The number of ether oxygens (including phenoxy) is 3. The molecule has 2 aliphatic heterocycles. The molecule has 2 aliphatic rings. The third-order valence-electron chi connectivity index (χ3n) is 10.3. The number of aromatic nitrogens is 5. The van der Waals surface area contributed by atoms with Gasteiger partial charge in [-0.2, -0.15) is 5.26 Å². The number of benzene rings is 3. The number of hydrogen-bond acceptors (Lipinski definition) is 10. The third-order valence-corrected chi connectivity index (χ3v) is 10.6. The lowest BCUT2D eigenvalue weighted by Crippen LogP contribution is -2.22. The Balaban J connectivity index is 1.06. The van der Waals surface area contributed by atoms with E-state index in [9.17, 15) is 5.26 Å². The fourth-order valence-corrected chi connectivity index (χ4v) is 7.58. The number of nitrogens with one attached hydrogen (secondary N) is 1. The SMILES string of the molecule is Cc1c(COc2cc(OCc3cncc(C#N)c3)c(CN3CCC(c4nnn[nH]4)C3)cc2Cl)cccc1-c1cccc(OCCCN2CCCC2)c1C. The van der Waals surface area contributed by atoms with Gasteiger partial charge >= 0.3 is 0 Å². The summed E-state index contributed by atoms with van der Waals surface area (Å²) in [4.78, 5) is 9.06. The van der Waals surface area contributed by atoms with Crippen molar-refractivity contribution in [3.63, 3.8) is 0 Å². The first-order valence-electron chi connectivity index (χ1n) is 18.4. The second kappa shape index (κ2) is 17.2. The molecule has 0 amide bonds. The highest BCUT2D eigenvalue weighted by Gasteiger charge is 2.27. The van der Waals surface area contributed by atoms with Crippen molar-refractivity contribution < 1.29 is 14.2 Å². The van der Waals surface area contributed by atoms with E-state index in [0.717, 1.165) is 83.0 Å². The molecule has 0 spiro atoms. The number of tetrazole rings is 1. The van der Waals surface area contributed by atoms with Gasteiger partial charge in [0.15, 0.2) is 5.82 Å². The molecule has 0 aliphatic carbocycles. The number of aromatic amines is 1. The van der Waals surface area contributed by atoms with Crippen LogP contribution in [-0.4, -0.2) is 74.7 Å². The van der Waals surface area contributed by atoms with Gasteiger partial charge in [0, 0.05) is 55.1 Å². The molecule has 11 nitrogen and oxygen atoms in total. The Morgan fingerprint density at radius 3 is 2.49 bits per heavy atom. The normalized spacial score (nSPS) is 16.2. The predicted molar refractivity (Wildman–Crippen MR) is 203 cm³/mol. The maximum absolute atomic E-state index is 9.37. The van der Waals surface area contributed by atoms with Crippen LogP contribution in [0.5, 0.6) is 17.2 Å². The van der Waals surface area contributed by atoms with Crippen LogP contribution >= 0.6 is 11.6 Å². The molecule has 5 aromatic rings. The summed E-state index contributed by atoms with van der Waals surface area (Å²) in [5.74, 6) is 3.16. The first-order valence-corrected chi connectivity index (χ1v) is 18.7. The van der Waals surface area contributed by atoms with E-state index in [1.165, 1.54) is 32.1 Å². The summed E-state index contributed by atoms with van der Waals surface area (Å²) in [6.07, 6.45) is 7.84. The average Bonchev–Trinajstić information content (AvgIpc) is 3.98. The lowest BCUT2D eigenvalue weighted by atomic mass is 9.93. The molecule has 1 atom stereocenters. The molecule has 53 heavy (non-hydrogen) atoms. The molecule has 0 bridgehead atoms. The van der Waals surface area contributed by atoms with Gasteiger partial charge in [0.05, 0.1) is 17.2 Å². The molecule has 2 fully saturated rings. The van der Waals surface area contributed by atoms with Gasteiger partial charge < -0.3 is 19.1 Å². The molecule has 4 heterocycles. The summed E-state index contributed by atoms with van der Waals surface area (Å²) >= 11 is 6.92. The smallest absolute Gasteiger partial charge is 0.152 e. The highest BCUT2D eigenvalue weighted by Crippen LogP contribution is 2.37. The van der Waals surface area contributed by atoms with E-state index in [2.05, 4.69) is 91.7 Å². The first kappa shape index (κ1) is 36.3. The van der Waals surface area contributed by atoms with Crippen LogP contribution in [-0.2, 0) is 19.8 Å². The van der Waals surface area contributed by atoms with Crippen molar-refractivity contribution in [1.29, 1.82) is 5.26 Å². The maximum atomic E-state index is 9.37. The molecule has 3 aromatic carbocycles. The number of rotatable bonds is 15. The van der Waals surface area contributed by atoms with Crippen molar-refractivity contribution in [3.8, 4) is 34.4 Å². The van der Waals surface area contributed by atoms with Crippen molar-refractivity contribution in [2.24, 2.45) is 0 Å². The zero-order valence-electron chi connectivity index (χ0n) is 30.4. The molecule has 2 saturated heterocycles. The fraction of sp³-hybridized carbons (Fsp3) is 0.390. The number of nitrogens with zero attached hydrogens (tertiary/aromatic N) is 7. The van der Waals surface area contributed by atoms with Gasteiger partial charge in [-0.25, -0.2) is 5.10 Å². The third kappa shape index (κ3) is 8.96. The molecule has 1 N–H and O–H groups in total. The monoisotopic (exact) mass is 732 g/mol. The minimum absolute atomic E-state index is 0.231. The Morgan fingerprint density at radius 2 is 1.68 bits per heavy atom. The molecule has 1 unspecified atom stereocenters. The van der Waals surface area contributed by atoms with Crippen LogP contribution in [0.3, 0.4) is 0 Å². The number of halogens is 1. The molecular weight excluding hydrogens is 688 g/mol. The standard InChI is InChI=1S/C41H45ClN8O3/c1-28-33(8-5-9-35(28)36-10-6-11-38(29(36)2)51-17-7-15-49-13-3-4-14-49)27-53-40-20-39(52-26-31-18-30(21-43)22-44-23-31)34(19-37(40)42)25-50-16-12-32(24-50)41-45-47-48-46-41/h5-6,8-11,18-20,22-23,32H,3-4,7,12-17,24-27H2,1-2H3,(H,45,46,47,48). The van der Waals surface area contributed by atoms with E-state index < -0.39 is 0 Å². The molecule has 0 radical (unpaired) electrons. The summed E-state index contributed by atoms with van der Waals surface area (Å²) < 4.78 is 19.1. The van der Waals surface area contributed by atoms with Crippen LogP contribution in [0.15, 0.2) is 67.0 Å². The summed E-state index contributed by atoms with van der Waals surface area (Å²) in [5, 5.41) is 24.4. The molecule has 0 saturated carbocycles.